The summed E-state index contributed by atoms with van der Waals surface area (Å²) in [6, 6.07) is 16.4. The predicted molar refractivity (Wildman–Crippen MR) is 220 cm³/mol. The number of hydrogen-bond acceptors (Lipinski definition) is 12. The Morgan fingerprint density at radius 3 is 2.22 bits per heavy atom. The van der Waals surface area contributed by atoms with Gasteiger partial charge in [-0.1, -0.05) is 61.0 Å². The quantitative estimate of drug-likeness (QED) is 0.0479. The van der Waals surface area contributed by atoms with Gasteiger partial charge in [-0.25, -0.2) is 9.65 Å². The summed E-state index contributed by atoms with van der Waals surface area (Å²) in [6.07, 6.45) is 3.10. The number of ketones is 3. The maximum Gasteiger partial charge on any atom is 0.259 e. The molecule has 2 aromatic rings. The smallest absolute Gasteiger partial charge is 0.259 e. The van der Waals surface area contributed by atoms with E-state index in [4.69, 9.17) is 14.3 Å². The lowest BCUT2D eigenvalue weighted by atomic mass is 9.88. The molecule has 1 aromatic heterocycles. The first kappa shape index (κ1) is 48.0. The molecule has 0 spiro atoms. The minimum Gasteiger partial charge on any atom is -0.349 e. The maximum atomic E-state index is 13.8. The van der Waals surface area contributed by atoms with Crippen molar-refractivity contribution in [3.05, 3.63) is 60.3 Å². The Bertz CT molecular complexity index is 1500. The van der Waals surface area contributed by atoms with Crippen molar-refractivity contribution in [3.8, 4) is 6.07 Å². The highest BCUT2D eigenvalue weighted by molar-refractivity contribution is 8.76. The topological polar surface area (TPSA) is 168 Å². The van der Waals surface area contributed by atoms with Crippen LogP contribution < -0.4 is 10.6 Å². The molecule has 2 N–H and O–H groups in total. The van der Waals surface area contributed by atoms with Crippen molar-refractivity contribution in [1.82, 2.24) is 20.3 Å². The number of nitrogens with one attached hydrogen (secondary N) is 2. The van der Waals surface area contributed by atoms with Gasteiger partial charge < -0.3 is 19.7 Å². The third-order valence-electron chi connectivity index (χ3n) is 8.14. The van der Waals surface area contributed by atoms with Crippen molar-refractivity contribution in [2.45, 2.75) is 116 Å². The summed E-state index contributed by atoms with van der Waals surface area (Å²) in [5.74, 6) is -1.71. The minimum absolute atomic E-state index is 0.0400. The predicted octanol–water partition coefficient (Wildman–Crippen LogP) is 7.28. The maximum absolute atomic E-state index is 13.8. The van der Waals surface area contributed by atoms with E-state index in [2.05, 4.69) is 54.1 Å². The van der Waals surface area contributed by atoms with Gasteiger partial charge in [0.15, 0.2) is 11.6 Å². The zero-order valence-electron chi connectivity index (χ0n) is 33.0. The van der Waals surface area contributed by atoms with Crippen LogP contribution in [0.1, 0.15) is 92.1 Å². The number of aromatic nitrogens is 1. The highest BCUT2D eigenvalue weighted by Gasteiger charge is 2.30. The highest BCUT2D eigenvalue weighted by Crippen LogP contribution is 2.46. The molecule has 12 nitrogen and oxygen atoms in total. The second kappa shape index (κ2) is 27.4. The number of carbonyl (C=O) groups is 5. The SMILES string of the molecule is CC(C)CC(CC(=O)C(Cc1ccccc1)NC(=O)CCC(=O)CSSc1ccccn1)C(=O)NCC(=O)CCCOP(OCCC#N)N(C(C)C)C(C)C. The zero-order chi connectivity index (χ0) is 40.6. The van der Waals surface area contributed by atoms with E-state index in [0.717, 1.165) is 10.6 Å². The van der Waals surface area contributed by atoms with Gasteiger partial charge in [0.25, 0.3) is 8.53 Å². The first-order chi connectivity index (χ1) is 26.3. The third kappa shape index (κ3) is 20.5. The highest BCUT2D eigenvalue weighted by atomic mass is 33.1. The second-order valence-electron chi connectivity index (χ2n) is 14.1. The average Bonchev–Trinajstić information content (AvgIpc) is 3.14. The normalized spacial score (nSPS) is 13.0. The Kier molecular flexibility index (Phi) is 23.9. The summed E-state index contributed by atoms with van der Waals surface area (Å²) in [5, 5.41) is 15.3. The number of hydrogen-bond donors (Lipinski definition) is 2. The van der Waals surface area contributed by atoms with E-state index in [1.807, 2.05) is 62.4 Å². The summed E-state index contributed by atoms with van der Waals surface area (Å²) in [7, 11) is 1.35. The molecule has 0 radical (unpaired) electrons. The summed E-state index contributed by atoms with van der Waals surface area (Å²) < 4.78 is 14.1. The van der Waals surface area contributed by atoms with Gasteiger partial charge in [0, 0.05) is 49.9 Å². The second-order valence-corrected chi connectivity index (χ2v) is 17.9. The molecule has 2 amide bonds. The molecular formula is C40H58N5O7PS2. The molecule has 0 saturated carbocycles. The molecule has 0 saturated heterocycles. The monoisotopic (exact) mass is 815 g/mol. The zero-order valence-corrected chi connectivity index (χ0v) is 35.6. The molecule has 55 heavy (non-hydrogen) atoms. The lowest BCUT2D eigenvalue weighted by molar-refractivity contribution is -0.133. The van der Waals surface area contributed by atoms with E-state index in [9.17, 15) is 24.0 Å². The fraction of sp³-hybridized carbons (Fsp3) is 0.575. The van der Waals surface area contributed by atoms with Crippen molar-refractivity contribution in [3.63, 3.8) is 0 Å². The Labute approximate surface area is 336 Å². The van der Waals surface area contributed by atoms with Gasteiger partial charge >= 0.3 is 0 Å². The number of Topliss-reactive ketones (excluding diaryl/α,β-unsaturated/α-hetero) is 3. The van der Waals surface area contributed by atoms with Crippen LogP contribution >= 0.6 is 30.1 Å². The van der Waals surface area contributed by atoms with Crippen LogP contribution in [0, 0.1) is 23.2 Å². The van der Waals surface area contributed by atoms with Crippen molar-refractivity contribution in [2.75, 3.05) is 25.5 Å². The van der Waals surface area contributed by atoms with Gasteiger partial charge in [-0.05, 0) is 81.4 Å². The first-order valence-corrected chi connectivity index (χ1v) is 22.3. The molecule has 0 aliphatic heterocycles. The summed E-state index contributed by atoms with van der Waals surface area (Å²) in [4.78, 5) is 69.8. The van der Waals surface area contributed by atoms with E-state index in [-0.39, 0.29) is 105 Å². The van der Waals surface area contributed by atoms with Crippen LogP contribution in [-0.4, -0.2) is 82.5 Å². The molecule has 3 atom stereocenters. The van der Waals surface area contributed by atoms with Crippen molar-refractivity contribution in [2.24, 2.45) is 11.8 Å². The molecule has 3 unspecified atom stereocenters. The molecule has 1 aromatic carbocycles. The number of nitrogens with zero attached hydrogens (tertiary/aromatic N) is 3. The summed E-state index contributed by atoms with van der Waals surface area (Å²) in [5.41, 5.74) is 0.849. The first-order valence-electron chi connectivity index (χ1n) is 18.9. The van der Waals surface area contributed by atoms with Crippen molar-refractivity contribution >= 4 is 59.3 Å². The van der Waals surface area contributed by atoms with Gasteiger partial charge in [-0.15, -0.1) is 0 Å². The molecule has 0 bridgehead atoms. The minimum atomic E-state index is -1.41. The average molecular weight is 816 g/mol. The van der Waals surface area contributed by atoms with E-state index in [0.29, 0.717) is 12.8 Å². The van der Waals surface area contributed by atoms with Gasteiger partial charge in [0.2, 0.25) is 11.8 Å². The Balaban J connectivity index is 1.94. The molecule has 2 rings (SSSR count). The van der Waals surface area contributed by atoms with Gasteiger partial charge in [-0.3, -0.25) is 24.0 Å². The van der Waals surface area contributed by atoms with Crippen LogP contribution in [0.15, 0.2) is 59.8 Å². The molecule has 1 heterocycles. The van der Waals surface area contributed by atoms with Crippen LogP contribution in [0.5, 0.6) is 0 Å². The van der Waals surface area contributed by atoms with Crippen molar-refractivity contribution in [1.29, 1.82) is 5.26 Å². The van der Waals surface area contributed by atoms with Gasteiger partial charge in [0.1, 0.15) is 10.8 Å². The molecular weight excluding hydrogens is 758 g/mol. The molecule has 0 aliphatic carbocycles. The van der Waals surface area contributed by atoms with E-state index >= 15 is 0 Å². The van der Waals surface area contributed by atoms with E-state index in [1.165, 1.54) is 21.6 Å². The van der Waals surface area contributed by atoms with Crippen molar-refractivity contribution < 1.29 is 33.0 Å². The van der Waals surface area contributed by atoms with Gasteiger partial charge in [-0.2, -0.15) is 5.26 Å². The van der Waals surface area contributed by atoms with Crippen LogP contribution in [0.3, 0.4) is 0 Å². The van der Waals surface area contributed by atoms with Crippen LogP contribution in [-0.2, 0) is 39.4 Å². The number of pyridine rings is 1. The van der Waals surface area contributed by atoms with E-state index in [1.54, 1.807) is 6.20 Å². The van der Waals surface area contributed by atoms with Crippen LogP contribution in [0.25, 0.3) is 0 Å². The lowest BCUT2D eigenvalue weighted by Crippen LogP contribution is -2.44. The number of rotatable bonds is 29. The van der Waals surface area contributed by atoms with E-state index < -0.39 is 26.4 Å². The summed E-state index contributed by atoms with van der Waals surface area (Å²) in [6.45, 7) is 12.5. The van der Waals surface area contributed by atoms with Crippen LogP contribution in [0.4, 0.5) is 0 Å². The molecule has 15 heteroatoms. The van der Waals surface area contributed by atoms with Gasteiger partial charge in [0.05, 0.1) is 44.0 Å². The Hall–Kier alpha value is -3.18. The fourth-order valence-electron chi connectivity index (χ4n) is 5.62. The van der Waals surface area contributed by atoms with Crippen LogP contribution in [0.2, 0.25) is 0 Å². The Morgan fingerprint density at radius 1 is 0.891 bits per heavy atom. The number of amides is 2. The third-order valence-corrected chi connectivity index (χ3v) is 12.4. The number of carbonyl (C=O) groups excluding carboxylic acids is 5. The molecule has 0 fully saturated rings. The molecule has 302 valence electrons. The summed E-state index contributed by atoms with van der Waals surface area (Å²) >= 11 is 0. The number of benzene rings is 1. The Morgan fingerprint density at radius 2 is 1.58 bits per heavy atom. The standard InChI is InChI=1S/C40H58N5O7PS2/c1-29(2)24-33(40(50)43-27-34(46)16-12-22-51-53(52-23-13-20-41)45(30(3)4)31(5)6)26-37(48)36(25-32-14-8-7-9-15-32)44-38(49)19-18-35(47)28-54-55-39-17-10-11-21-42-39/h7-11,14-15,17,21,29-31,33,36H,12-13,16,18-19,22-28H2,1-6H3,(H,43,50)(H,44,49). The largest absolute Gasteiger partial charge is 0.349 e. The molecule has 0 aliphatic rings. The lowest BCUT2D eigenvalue weighted by Gasteiger charge is -2.35. The number of nitriles is 1. The fourth-order valence-corrected chi connectivity index (χ4v) is 9.17.